The highest BCUT2D eigenvalue weighted by Gasteiger charge is 2.26. The Balaban J connectivity index is 1.40. The van der Waals surface area contributed by atoms with Gasteiger partial charge in [0.05, 0.1) is 12.6 Å². The molecule has 3 aromatic rings. The third kappa shape index (κ3) is 3.40. The van der Waals surface area contributed by atoms with Gasteiger partial charge >= 0.3 is 0 Å². The third-order valence-electron chi connectivity index (χ3n) is 5.06. The lowest BCUT2D eigenvalue weighted by atomic mass is 10.1. The summed E-state index contributed by atoms with van der Waals surface area (Å²) in [6, 6.07) is 8.03. The Hall–Kier alpha value is -3.22. The van der Waals surface area contributed by atoms with E-state index in [1.165, 1.54) is 12.4 Å². The molecular formula is C20H21N5O2. The van der Waals surface area contributed by atoms with Crippen LogP contribution in [0.15, 0.2) is 42.9 Å². The van der Waals surface area contributed by atoms with Gasteiger partial charge in [-0.2, -0.15) is 0 Å². The summed E-state index contributed by atoms with van der Waals surface area (Å²) in [6.07, 6.45) is 4.89. The SMILES string of the molecule is Cc1[nH]c2ccccc2c1CC(=O)N1CCN(C(=O)c2cnccn2)CC1. The van der Waals surface area contributed by atoms with E-state index < -0.39 is 0 Å². The van der Waals surface area contributed by atoms with Gasteiger partial charge in [0.25, 0.3) is 5.91 Å². The van der Waals surface area contributed by atoms with E-state index >= 15 is 0 Å². The van der Waals surface area contributed by atoms with Crippen molar-refractivity contribution < 1.29 is 9.59 Å². The van der Waals surface area contributed by atoms with Crippen LogP contribution in [0.4, 0.5) is 0 Å². The van der Waals surface area contributed by atoms with Crippen LogP contribution < -0.4 is 0 Å². The van der Waals surface area contributed by atoms with Gasteiger partial charge in [0.1, 0.15) is 5.69 Å². The first-order valence-corrected chi connectivity index (χ1v) is 9.03. The summed E-state index contributed by atoms with van der Waals surface area (Å²) in [7, 11) is 0. The van der Waals surface area contributed by atoms with Crippen LogP contribution in [-0.4, -0.2) is 62.7 Å². The van der Waals surface area contributed by atoms with Crippen LogP contribution in [0.2, 0.25) is 0 Å². The third-order valence-corrected chi connectivity index (χ3v) is 5.06. The average molecular weight is 363 g/mol. The van der Waals surface area contributed by atoms with E-state index in [4.69, 9.17) is 0 Å². The molecule has 7 heteroatoms. The number of hydrogen-bond donors (Lipinski definition) is 1. The molecule has 138 valence electrons. The fourth-order valence-electron chi connectivity index (χ4n) is 3.56. The Morgan fingerprint density at radius 1 is 1.07 bits per heavy atom. The van der Waals surface area contributed by atoms with Crippen molar-refractivity contribution in [1.29, 1.82) is 0 Å². The lowest BCUT2D eigenvalue weighted by molar-refractivity contribution is -0.131. The van der Waals surface area contributed by atoms with E-state index in [0.717, 1.165) is 22.2 Å². The van der Waals surface area contributed by atoms with E-state index in [9.17, 15) is 9.59 Å². The lowest BCUT2D eigenvalue weighted by Gasteiger charge is -2.34. The van der Waals surface area contributed by atoms with Crippen molar-refractivity contribution in [3.8, 4) is 0 Å². The Morgan fingerprint density at radius 2 is 1.81 bits per heavy atom. The molecule has 0 radical (unpaired) electrons. The summed E-state index contributed by atoms with van der Waals surface area (Å²) in [4.78, 5) is 40.1. The highest BCUT2D eigenvalue weighted by atomic mass is 16.2. The minimum Gasteiger partial charge on any atom is -0.358 e. The average Bonchev–Trinajstić information content (AvgIpc) is 3.03. The quantitative estimate of drug-likeness (QED) is 0.769. The number of para-hydroxylation sites is 1. The summed E-state index contributed by atoms with van der Waals surface area (Å²) >= 11 is 0. The summed E-state index contributed by atoms with van der Waals surface area (Å²) in [6.45, 7) is 4.08. The molecule has 1 fully saturated rings. The number of nitrogens with one attached hydrogen (secondary N) is 1. The zero-order chi connectivity index (χ0) is 18.8. The van der Waals surface area contributed by atoms with Crippen molar-refractivity contribution in [2.24, 2.45) is 0 Å². The topological polar surface area (TPSA) is 82.2 Å². The molecule has 1 aliphatic heterocycles. The van der Waals surface area contributed by atoms with Gasteiger partial charge in [-0.25, -0.2) is 4.98 Å². The number of rotatable bonds is 3. The number of hydrogen-bond acceptors (Lipinski definition) is 4. The molecular weight excluding hydrogens is 342 g/mol. The predicted octanol–water partition coefficient (Wildman–Crippen LogP) is 1.79. The predicted molar refractivity (Wildman–Crippen MR) is 101 cm³/mol. The Kier molecular flexibility index (Phi) is 4.58. The van der Waals surface area contributed by atoms with E-state index in [1.807, 2.05) is 36.1 Å². The van der Waals surface area contributed by atoms with Gasteiger partial charge in [-0.3, -0.25) is 14.6 Å². The molecule has 1 N–H and O–H groups in total. The second-order valence-corrected chi connectivity index (χ2v) is 6.71. The maximum Gasteiger partial charge on any atom is 0.274 e. The summed E-state index contributed by atoms with van der Waals surface area (Å²) in [5.74, 6) is -0.0443. The standard InChI is InChI=1S/C20H21N5O2/c1-14-16(15-4-2-3-5-17(15)23-14)12-19(26)24-8-10-25(11-9-24)20(27)18-13-21-6-7-22-18/h2-7,13,23H,8-12H2,1H3. The van der Waals surface area contributed by atoms with Crippen LogP contribution in [0, 0.1) is 6.92 Å². The van der Waals surface area contributed by atoms with Crippen LogP contribution in [0.3, 0.4) is 0 Å². The smallest absolute Gasteiger partial charge is 0.274 e. The number of fused-ring (bicyclic) bond motifs is 1. The molecule has 1 aromatic carbocycles. The fourth-order valence-corrected chi connectivity index (χ4v) is 3.56. The van der Waals surface area contributed by atoms with Crippen LogP contribution in [-0.2, 0) is 11.2 Å². The highest BCUT2D eigenvalue weighted by molar-refractivity contribution is 5.92. The molecule has 2 amide bonds. The first kappa shape index (κ1) is 17.2. The van der Waals surface area contributed by atoms with Crippen LogP contribution in [0.25, 0.3) is 10.9 Å². The number of piperazine rings is 1. The van der Waals surface area contributed by atoms with Crippen molar-refractivity contribution in [2.45, 2.75) is 13.3 Å². The molecule has 1 saturated heterocycles. The number of amides is 2. The molecule has 0 atom stereocenters. The molecule has 0 spiro atoms. The molecule has 0 bridgehead atoms. The normalized spacial score (nSPS) is 14.6. The zero-order valence-electron chi connectivity index (χ0n) is 15.2. The van der Waals surface area contributed by atoms with Gasteiger partial charge in [0, 0.05) is 55.2 Å². The molecule has 7 nitrogen and oxygen atoms in total. The molecule has 0 saturated carbocycles. The van der Waals surface area contributed by atoms with Gasteiger partial charge in [-0.15, -0.1) is 0 Å². The van der Waals surface area contributed by atoms with Gasteiger partial charge in [0.15, 0.2) is 0 Å². The molecule has 1 aliphatic rings. The second-order valence-electron chi connectivity index (χ2n) is 6.71. The number of benzene rings is 1. The summed E-state index contributed by atoms with van der Waals surface area (Å²) < 4.78 is 0. The van der Waals surface area contributed by atoms with Crippen LogP contribution in [0.5, 0.6) is 0 Å². The zero-order valence-corrected chi connectivity index (χ0v) is 15.2. The van der Waals surface area contributed by atoms with Crippen molar-refractivity contribution in [1.82, 2.24) is 24.8 Å². The van der Waals surface area contributed by atoms with Crippen LogP contribution >= 0.6 is 0 Å². The molecule has 4 rings (SSSR count). The maximum absolute atomic E-state index is 12.8. The summed E-state index contributed by atoms with van der Waals surface area (Å²) in [5.41, 5.74) is 3.47. The fraction of sp³-hybridized carbons (Fsp3) is 0.300. The Morgan fingerprint density at radius 3 is 2.56 bits per heavy atom. The molecule has 0 unspecified atom stereocenters. The van der Waals surface area contributed by atoms with E-state index in [0.29, 0.717) is 38.3 Å². The van der Waals surface area contributed by atoms with Crippen molar-refractivity contribution in [2.75, 3.05) is 26.2 Å². The van der Waals surface area contributed by atoms with E-state index in [2.05, 4.69) is 15.0 Å². The van der Waals surface area contributed by atoms with E-state index in [-0.39, 0.29) is 11.8 Å². The maximum atomic E-state index is 12.8. The van der Waals surface area contributed by atoms with Gasteiger partial charge < -0.3 is 14.8 Å². The van der Waals surface area contributed by atoms with Gasteiger partial charge in [0.2, 0.25) is 5.91 Å². The minimum absolute atomic E-state index is 0.0921. The number of aromatic amines is 1. The monoisotopic (exact) mass is 363 g/mol. The van der Waals surface area contributed by atoms with Gasteiger partial charge in [-0.05, 0) is 18.6 Å². The first-order chi connectivity index (χ1) is 13.1. The Bertz CT molecular complexity index is 974. The minimum atomic E-state index is -0.136. The first-order valence-electron chi connectivity index (χ1n) is 9.03. The number of carbonyl (C=O) groups is 2. The second kappa shape index (κ2) is 7.19. The molecule has 0 aliphatic carbocycles. The largest absolute Gasteiger partial charge is 0.358 e. The number of aryl methyl sites for hydroxylation is 1. The highest BCUT2D eigenvalue weighted by Crippen LogP contribution is 2.23. The molecule has 27 heavy (non-hydrogen) atoms. The van der Waals surface area contributed by atoms with Crippen molar-refractivity contribution in [3.05, 3.63) is 59.8 Å². The van der Waals surface area contributed by atoms with Crippen molar-refractivity contribution in [3.63, 3.8) is 0 Å². The van der Waals surface area contributed by atoms with Gasteiger partial charge in [-0.1, -0.05) is 18.2 Å². The number of aromatic nitrogens is 3. The van der Waals surface area contributed by atoms with E-state index in [1.54, 1.807) is 11.1 Å². The lowest BCUT2D eigenvalue weighted by Crippen LogP contribution is -2.51. The summed E-state index contributed by atoms with van der Waals surface area (Å²) in [5, 5.41) is 1.10. The Labute approximate surface area is 157 Å². The molecule has 3 heterocycles. The number of carbonyl (C=O) groups excluding carboxylic acids is 2. The van der Waals surface area contributed by atoms with Crippen LogP contribution in [0.1, 0.15) is 21.7 Å². The number of nitrogens with zero attached hydrogens (tertiary/aromatic N) is 4. The number of H-pyrrole nitrogens is 1. The van der Waals surface area contributed by atoms with Crippen molar-refractivity contribution >= 4 is 22.7 Å². The molecule has 2 aromatic heterocycles.